The van der Waals surface area contributed by atoms with E-state index < -0.39 is 0 Å². The van der Waals surface area contributed by atoms with Gasteiger partial charge in [-0.3, -0.25) is 4.98 Å². The summed E-state index contributed by atoms with van der Waals surface area (Å²) in [5.41, 5.74) is 1.07. The fraction of sp³-hybridized carbons (Fsp3) is 0.706. The third-order valence-electron chi connectivity index (χ3n) is 3.51. The highest BCUT2D eigenvalue weighted by atomic mass is 16.6. The van der Waals surface area contributed by atoms with Crippen LogP contribution in [0.25, 0.3) is 0 Å². The molecule has 136 valence electrons. The zero-order valence-electron chi connectivity index (χ0n) is 14.2. The quantitative estimate of drug-likeness (QED) is 0.755. The van der Waals surface area contributed by atoms with Gasteiger partial charge < -0.3 is 28.6 Å². The molecule has 0 spiro atoms. The smallest absolute Gasteiger partial charge is 0.0701 e. The Kier molecular flexibility index (Phi) is 10.4. The largest absolute Gasteiger partial charge is 0.377 e. The van der Waals surface area contributed by atoms with Crippen molar-refractivity contribution in [3.05, 3.63) is 24.5 Å². The maximum absolute atomic E-state index is 5.64. The number of nitrogens with zero attached hydrogens (tertiary/aromatic N) is 2. The van der Waals surface area contributed by atoms with Gasteiger partial charge >= 0.3 is 0 Å². The lowest BCUT2D eigenvalue weighted by Gasteiger charge is -2.24. The van der Waals surface area contributed by atoms with Crippen molar-refractivity contribution in [1.29, 1.82) is 0 Å². The normalized spacial score (nSPS) is 20.9. The van der Waals surface area contributed by atoms with Crippen LogP contribution in [-0.4, -0.2) is 84.1 Å². The van der Waals surface area contributed by atoms with Gasteiger partial charge in [-0.2, -0.15) is 0 Å². The number of aromatic nitrogens is 1. The van der Waals surface area contributed by atoms with Crippen molar-refractivity contribution < 1.29 is 23.7 Å². The van der Waals surface area contributed by atoms with E-state index in [9.17, 15) is 0 Å². The molecule has 0 unspecified atom stereocenters. The van der Waals surface area contributed by atoms with E-state index in [1.54, 1.807) is 6.20 Å². The summed E-state index contributed by atoms with van der Waals surface area (Å²) in [6, 6.07) is 3.98. The molecule has 0 saturated carbocycles. The van der Waals surface area contributed by atoms with Gasteiger partial charge in [0.15, 0.2) is 0 Å². The van der Waals surface area contributed by atoms with Crippen LogP contribution in [-0.2, 0) is 23.7 Å². The van der Waals surface area contributed by atoms with Gasteiger partial charge in [-0.15, -0.1) is 0 Å². The highest BCUT2D eigenvalue weighted by Crippen LogP contribution is 2.10. The third-order valence-corrected chi connectivity index (χ3v) is 3.51. The predicted molar refractivity (Wildman–Crippen MR) is 90.5 cm³/mol. The fourth-order valence-electron chi connectivity index (χ4n) is 2.24. The van der Waals surface area contributed by atoms with Crippen LogP contribution in [0.15, 0.2) is 24.5 Å². The van der Waals surface area contributed by atoms with E-state index in [-0.39, 0.29) is 0 Å². The molecular weight excluding hydrogens is 312 g/mol. The molecule has 0 bridgehead atoms. The third kappa shape index (κ3) is 8.56. The molecule has 24 heavy (non-hydrogen) atoms. The topological polar surface area (TPSA) is 62.3 Å². The molecule has 0 N–H and O–H groups in total. The molecule has 1 aromatic heterocycles. The number of rotatable bonds is 1. The lowest BCUT2D eigenvalue weighted by Crippen LogP contribution is -2.31. The van der Waals surface area contributed by atoms with Crippen molar-refractivity contribution >= 4 is 5.69 Å². The molecule has 7 nitrogen and oxygen atoms in total. The van der Waals surface area contributed by atoms with Gasteiger partial charge in [-0.25, -0.2) is 0 Å². The number of anilines is 1. The van der Waals surface area contributed by atoms with E-state index in [2.05, 4.69) is 9.88 Å². The second-order valence-electron chi connectivity index (χ2n) is 5.26. The monoisotopic (exact) mass is 340 g/mol. The van der Waals surface area contributed by atoms with Crippen LogP contribution in [0.4, 0.5) is 5.69 Å². The number of hydrogen-bond acceptors (Lipinski definition) is 7. The summed E-state index contributed by atoms with van der Waals surface area (Å²) in [4.78, 5) is 6.40. The van der Waals surface area contributed by atoms with Crippen molar-refractivity contribution in [3.8, 4) is 0 Å². The summed E-state index contributed by atoms with van der Waals surface area (Å²) in [5.74, 6) is 0. The van der Waals surface area contributed by atoms with E-state index in [0.717, 1.165) is 18.8 Å². The van der Waals surface area contributed by atoms with Crippen LogP contribution < -0.4 is 4.90 Å². The van der Waals surface area contributed by atoms with Gasteiger partial charge in [0.25, 0.3) is 0 Å². The molecule has 1 aliphatic heterocycles. The highest BCUT2D eigenvalue weighted by Gasteiger charge is 2.07. The molecule has 0 radical (unpaired) electrons. The Morgan fingerprint density at radius 2 is 1.12 bits per heavy atom. The summed E-state index contributed by atoms with van der Waals surface area (Å²) in [6.45, 7) is 7.48. The first-order chi connectivity index (χ1) is 12.0. The summed E-state index contributed by atoms with van der Waals surface area (Å²) in [6.07, 6.45) is 3.63. The molecule has 0 aromatic carbocycles. The number of hydrogen-bond donors (Lipinski definition) is 0. The molecule has 1 aliphatic rings. The molecule has 1 fully saturated rings. The molecule has 2 rings (SSSR count). The molecule has 2 heterocycles. The lowest BCUT2D eigenvalue weighted by molar-refractivity contribution is -0.0116. The van der Waals surface area contributed by atoms with Crippen molar-refractivity contribution in [2.24, 2.45) is 0 Å². The predicted octanol–water partition coefficient (Wildman–Crippen LogP) is 0.985. The van der Waals surface area contributed by atoms with Gasteiger partial charge in [0.2, 0.25) is 0 Å². The summed E-state index contributed by atoms with van der Waals surface area (Å²) >= 11 is 0. The summed E-state index contributed by atoms with van der Waals surface area (Å²) < 4.78 is 27.6. The minimum Gasteiger partial charge on any atom is -0.377 e. The Hall–Kier alpha value is -1.25. The Morgan fingerprint density at radius 3 is 1.54 bits per heavy atom. The molecule has 1 aromatic rings. The zero-order valence-corrected chi connectivity index (χ0v) is 14.2. The van der Waals surface area contributed by atoms with Gasteiger partial charge in [-0.1, -0.05) is 0 Å². The molecule has 7 heteroatoms. The number of ether oxygens (including phenoxy) is 5. The molecule has 0 amide bonds. The lowest BCUT2D eigenvalue weighted by atomic mass is 10.3. The van der Waals surface area contributed by atoms with Crippen LogP contribution in [0.1, 0.15) is 0 Å². The van der Waals surface area contributed by atoms with E-state index in [4.69, 9.17) is 23.7 Å². The van der Waals surface area contributed by atoms with E-state index in [1.807, 2.05) is 18.3 Å². The molecule has 0 aliphatic carbocycles. The summed E-state index contributed by atoms with van der Waals surface area (Å²) in [5, 5.41) is 0. The van der Waals surface area contributed by atoms with Crippen LogP contribution in [0.3, 0.4) is 0 Å². The van der Waals surface area contributed by atoms with Crippen LogP contribution in [0.2, 0.25) is 0 Å². The van der Waals surface area contributed by atoms with Gasteiger partial charge in [-0.05, 0) is 12.1 Å². The van der Waals surface area contributed by atoms with Crippen LogP contribution in [0, 0.1) is 0 Å². The van der Waals surface area contributed by atoms with E-state index in [0.29, 0.717) is 66.1 Å². The summed E-state index contributed by atoms with van der Waals surface area (Å²) in [7, 11) is 0. The van der Waals surface area contributed by atoms with Gasteiger partial charge in [0.1, 0.15) is 0 Å². The minimum atomic E-state index is 0.578. The second kappa shape index (κ2) is 13.1. The standard InChI is InChI=1S/C17H28N2O5/c1-2-17(16-18-3-1)19-4-6-20-8-10-22-12-14-24-15-13-23-11-9-21-7-5-19/h1-3,16H,4-15H2. The number of pyridine rings is 1. The molecule has 0 atom stereocenters. The molecule has 1 saturated heterocycles. The Morgan fingerprint density at radius 1 is 0.667 bits per heavy atom. The average Bonchev–Trinajstić information content (AvgIpc) is 2.62. The highest BCUT2D eigenvalue weighted by molar-refractivity contribution is 5.43. The average molecular weight is 340 g/mol. The fourth-order valence-corrected chi connectivity index (χ4v) is 2.24. The SMILES string of the molecule is c1cncc(N2CCOCCOCCOCCOCCOCC2)c1. The Labute approximate surface area is 143 Å². The second-order valence-corrected chi connectivity index (χ2v) is 5.26. The van der Waals surface area contributed by atoms with E-state index in [1.165, 1.54) is 0 Å². The first kappa shape index (κ1) is 19.1. The Balaban J connectivity index is 1.77. The molecular formula is C17H28N2O5. The zero-order chi connectivity index (χ0) is 16.7. The van der Waals surface area contributed by atoms with Gasteiger partial charge in [0.05, 0.1) is 78.0 Å². The van der Waals surface area contributed by atoms with Crippen LogP contribution >= 0.6 is 0 Å². The maximum Gasteiger partial charge on any atom is 0.0701 e. The van der Waals surface area contributed by atoms with Crippen molar-refractivity contribution in [2.45, 2.75) is 0 Å². The van der Waals surface area contributed by atoms with E-state index >= 15 is 0 Å². The minimum absolute atomic E-state index is 0.578. The van der Waals surface area contributed by atoms with Crippen LogP contribution in [0.5, 0.6) is 0 Å². The first-order valence-electron chi connectivity index (χ1n) is 8.50. The van der Waals surface area contributed by atoms with Crippen molar-refractivity contribution in [1.82, 2.24) is 4.98 Å². The first-order valence-corrected chi connectivity index (χ1v) is 8.50. The maximum atomic E-state index is 5.64. The van der Waals surface area contributed by atoms with Crippen molar-refractivity contribution in [3.63, 3.8) is 0 Å². The van der Waals surface area contributed by atoms with Crippen molar-refractivity contribution in [2.75, 3.05) is 84.1 Å². The Bertz CT molecular complexity index is 389. The van der Waals surface area contributed by atoms with Gasteiger partial charge in [0, 0.05) is 19.3 Å².